The molecule has 0 amide bonds. The van der Waals surface area contributed by atoms with E-state index < -0.39 is 0 Å². The van der Waals surface area contributed by atoms with E-state index in [4.69, 9.17) is 0 Å². The Bertz CT molecular complexity index is 382. The Hall–Kier alpha value is -1.13. The molecule has 0 spiro atoms. The number of halogens is 1. The lowest BCUT2D eigenvalue weighted by atomic mass is 10.1. The topological polar surface area (TPSA) is 26.7 Å². The van der Waals surface area contributed by atoms with E-state index in [0.29, 0.717) is 5.92 Å². The molecular weight excluding hydrogens is 231 g/mol. The van der Waals surface area contributed by atoms with Crippen molar-refractivity contribution >= 4 is 5.69 Å². The Labute approximate surface area is 108 Å². The first-order valence-corrected chi connectivity index (χ1v) is 6.41. The Morgan fingerprint density at radius 2 is 1.89 bits per heavy atom. The molecule has 4 heteroatoms. The van der Waals surface area contributed by atoms with E-state index in [9.17, 15) is 9.50 Å². The number of hydrogen-bond acceptors (Lipinski definition) is 3. The van der Waals surface area contributed by atoms with Crippen molar-refractivity contribution in [3.8, 4) is 0 Å². The quantitative estimate of drug-likeness (QED) is 0.865. The zero-order chi connectivity index (χ0) is 13.1. The number of aliphatic hydroxyl groups is 1. The maximum absolute atomic E-state index is 13.0. The van der Waals surface area contributed by atoms with Gasteiger partial charge in [0.15, 0.2) is 0 Å². The summed E-state index contributed by atoms with van der Waals surface area (Å²) in [5, 5.41) is 9.56. The van der Waals surface area contributed by atoms with Crippen molar-refractivity contribution < 1.29 is 9.50 Å². The molecular formula is C14H21FN2O. The summed E-state index contributed by atoms with van der Waals surface area (Å²) in [6, 6.07) is 6.60. The molecule has 3 nitrogen and oxygen atoms in total. The second-order valence-corrected chi connectivity index (χ2v) is 5.29. The second kappa shape index (κ2) is 5.67. The number of aliphatic hydroxyl groups excluding tert-OH is 1. The van der Waals surface area contributed by atoms with E-state index in [1.807, 2.05) is 0 Å². The number of nitrogens with zero attached hydrogens (tertiary/aromatic N) is 2. The van der Waals surface area contributed by atoms with Crippen LogP contribution in [-0.4, -0.2) is 49.3 Å². The highest BCUT2D eigenvalue weighted by atomic mass is 19.1. The molecule has 1 saturated heterocycles. The summed E-state index contributed by atoms with van der Waals surface area (Å²) in [6.07, 6.45) is 0. The normalized spacial score (nSPS) is 26.1. The van der Waals surface area contributed by atoms with Gasteiger partial charge in [-0.05, 0) is 37.2 Å². The van der Waals surface area contributed by atoms with Crippen LogP contribution in [0.25, 0.3) is 0 Å². The largest absolute Gasteiger partial charge is 0.394 e. The summed E-state index contributed by atoms with van der Waals surface area (Å²) in [5.41, 5.74) is 0.984. The van der Waals surface area contributed by atoms with Crippen LogP contribution in [0.2, 0.25) is 0 Å². The van der Waals surface area contributed by atoms with E-state index in [-0.39, 0.29) is 18.5 Å². The molecule has 2 atom stereocenters. The third kappa shape index (κ3) is 3.00. The van der Waals surface area contributed by atoms with Gasteiger partial charge in [-0.15, -0.1) is 0 Å². The van der Waals surface area contributed by atoms with E-state index in [2.05, 4.69) is 23.8 Å². The second-order valence-electron chi connectivity index (χ2n) is 5.29. The Morgan fingerprint density at radius 1 is 1.22 bits per heavy atom. The van der Waals surface area contributed by atoms with Gasteiger partial charge in [-0.25, -0.2) is 4.39 Å². The lowest BCUT2D eigenvalue weighted by molar-refractivity contribution is 0.226. The molecule has 1 fully saturated rings. The van der Waals surface area contributed by atoms with Gasteiger partial charge in [0.05, 0.1) is 12.6 Å². The van der Waals surface area contributed by atoms with Crippen LogP contribution in [0.15, 0.2) is 24.3 Å². The third-order valence-corrected chi connectivity index (χ3v) is 3.46. The summed E-state index contributed by atoms with van der Waals surface area (Å²) in [5.74, 6) is 0.302. The molecule has 2 rings (SSSR count). The molecule has 0 bridgehead atoms. The maximum Gasteiger partial charge on any atom is 0.123 e. The third-order valence-electron chi connectivity index (χ3n) is 3.46. The van der Waals surface area contributed by atoms with E-state index in [1.54, 1.807) is 12.1 Å². The summed E-state index contributed by atoms with van der Waals surface area (Å²) in [7, 11) is 2.08. The standard InChI is InChI=1S/C14H21FN2O/c1-11-7-16(2)9-14(10-18)17(8-11)13-5-3-12(15)4-6-13/h3-6,11,14,18H,7-10H2,1-2H3. The van der Waals surface area contributed by atoms with Gasteiger partial charge in [-0.1, -0.05) is 6.92 Å². The Kier molecular flexibility index (Phi) is 4.19. The van der Waals surface area contributed by atoms with Crippen molar-refractivity contribution in [3.05, 3.63) is 30.1 Å². The van der Waals surface area contributed by atoms with Crippen molar-refractivity contribution in [1.29, 1.82) is 0 Å². The number of hydrogen-bond donors (Lipinski definition) is 1. The summed E-state index contributed by atoms with van der Waals surface area (Å²) >= 11 is 0. The minimum atomic E-state index is -0.223. The van der Waals surface area contributed by atoms with E-state index in [0.717, 1.165) is 25.3 Å². The molecule has 0 radical (unpaired) electrons. The van der Waals surface area contributed by atoms with Crippen LogP contribution in [0.3, 0.4) is 0 Å². The first-order chi connectivity index (χ1) is 8.60. The van der Waals surface area contributed by atoms with Crippen LogP contribution in [0.1, 0.15) is 6.92 Å². The van der Waals surface area contributed by atoms with E-state index >= 15 is 0 Å². The SMILES string of the molecule is CC1CN(C)CC(CO)N(c2ccc(F)cc2)C1. The molecule has 1 aliphatic rings. The van der Waals surface area contributed by atoms with Crippen LogP contribution < -0.4 is 4.90 Å². The lowest BCUT2D eigenvalue weighted by Crippen LogP contribution is -2.43. The van der Waals surface area contributed by atoms with Crippen molar-refractivity contribution in [1.82, 2.24) is 4.90 Å². The smallest absolute Gasteiger partial charge is 0.123 e. The van der Waals surface area contributed by atoms with Crippen LogP contribution in [0.5, 0.6) is 0 Å². The van der Waals surface area contributed by atoms with Gasteiger partial charge < -0.3 is 14.9 Å². The van der Waals surface area contributed by atoms with Crippen molar-refractivity contribution in [3.63, 3.8) is 0 Å². The predicted octanol–water partition coefficient (Wildman–Crippen LogP) is 1.57. The fourth-order valence-corrected chi connectivity index (χ4v) is 2.71. The minimum Gasteiger partial charge on any atom is -0.394 e. The van der Waals surface area contributed by atoms with Gasteiger partial charge in [0.25, 0.3) is 0 Å². The molecule has 1 aromatic carbocycles. The molecule has 0 aliphatic carbocycles. The van der Waals surface area contributed by atoms with Crippen LogP contribution in [0, 0.1) is 11.7 Å². The van der Waals surface area contributed by atoms with Gasteiger partial charge in [0.2, 0.25) is 0 Å². The van der Waals surface area contributed by atoms with Gasteiger partial charge in [-0.2, -0.15) is 0 Å². The van der Waals surface area contributed by atoms with Gasteiger partial charge in [-0.3, -0.25) is 0 Å². The van der Waals surface area contributed by atoms with Crippen LogP contribution in [-0.2, 0) is 0 Å². The van der Waals surface area contributed by atoms with Crippen molar-refractivity contribution in [2.45, 2.75) is 13.0 Å². The van der Waals surface area contributed by atoms with Gasteiger partial charge >= 0.3 is 0 Å². The fourth-order valence-electron chi connectivity index (χ4n) is 2.71. The highest BCUT2D eigenvalue weighted by Gasteiger charge is 2.26. The molecule has 0 aromatic heterocycles. The first-order valence-electron chi connectivity index (χ1n) is 6.41. The zero-order valence-corrected chi connectivity index (χ0v) is 11.0. The van der Waals surface area contributed by atoms with Gasteiger partial charge in [0, 0.05) is 25.3 Å². The molecule has 1 aromatic rings. The molecule has 1 N–H and O–H groups in total. The molecule has 1 heterocycles. The molecule has 0 saturated carbocycles. The average molecular weight is 252 g/mol. The minimum absolute atomic E-state index is 0.0745. The number of rotatable bonds is 2. The number of benzene rings is 1. The van der Waals surface area contributed by atoms with E-state index in [1.165, 1.54) is 12.1 Å². The summed E-state index contributed by atoms with van der Waals surface area (Å²) < 4.78 is 13.0. The fraction of sp³-hybridized carbons (Fsp3) is 0.571. The highest BCUT2D eigenvalue weighted by Crippen LogP contribution is 2.22. The van der Waals surface area contributed by atoms with Crippen LogP contribution >= 0.6 is 0 Å². The number of likely N-dealkylation sites (N-methyl/N-ethyl adjacent to an activating group) is 1. The first kappa shape index (κ1) is 13.3. The molecule has 1 aliphatic heterocycles. The highest BCUT2D eigenvalue weighted by molar-refractivity contribution is 5.47. The monoisotopic (exact) mass is 252 g/mol. The number of anilines is 1. The molecule has 2 unspecified atom stereocenters. The average Bonchev–Trinajstić information content (AvgIpc) is 2.48. The summed E-state index contributed by atoms with van der Waals surface area (Å²) in [4.78, 5) is 4.43. The Balaban J connectivity index is 2.24. The van der Waals surface area contributed by atoms with Crippen molar-refractivity contribution in [2.24, 2.45) is 5.92 Å². The molecule has 100 valence electrons. The molecule has 18 heavy (non-hydrogen) atoms. The lowest BCUT2D eigenvalue weighted by Gasteiger charge is -2.32. The van der Waals surface area contributed by atoms with Gasteiger partial charge in [0.1, 0.15) is 5.82 Å². The van der Waals surface area contributed by atoms with Crippen LogP contribution in [0.4, 0.5) is 10.1 Å². The zero-order valence-electron chi connectivity index (χ0n) is 11.0. The maximum atomic E-state index is 13.0. The Morgan fingerprint density at radius 3 is 2.50 bits per heavy atom. The predicted molar refractivity (Wildman–Crippen MR) is 71.3 cm³/mol. The summed E-state index contributed by atoms with van der Waals surface area (Å²) in [6.45, 7) is 5.06. The van der Waals surface area contributed by atoms with Crippen molar-refractivity contribution in [2.75, 3.05) is 38.2 Å².